The predicted molar refractivity (Wildman–Crippen MR) is 383 cm³/mol. The van der Waals surface area contributed by atoms with Crippen LogP contribution in [0, 0.1) is 69.2 Å². The number of ether oxygens (including phenoxy) is 7. The van der Waals surface area contributed by atoms with Gasteiger partial charge in [0.1, 0.15) is 83.6 Å². The molecule has 592 valence electrons. The maximum absolute atomic E-state index is 8.12. The van der Waals surface area contributed by atoms with Crippen LogP contribution in [0.1, 0.15) is 55.6 Å². The molecule has 0 bridgehead atoms. The Morgan fingerprint density at radius 2 is 0.383 bits per heavy atom. The summed E-state index contributed by atoms with van der Waals surface area (Å²) in [6, 6.07) is 48.8. The molecule has 7 aromatic carbocycles. The van der Waals surface area contributed by atoms with Gasteiger partial charge in [-0.3, -0.25) is 0 Å². The number of hydrogen-bond donors (Lipinski definition) is 7. The number of benzene rings is 7. The maximum Gasteiger partial charge on any atom is 0.373 e. The highest BCUT2D eigenvalue weighted by Gasteiger charge is 2.06. The summed E-state index contributed by atoms with van der Waals surface area (Å²) in [6.07, 6.45) is 12.5. The van der Waals surface area contributed by atoms with Gasteiger partial charge < -0.3 is 33.2 Å². The van der Waals surface area contributed by atoms with Crippen molar-refractivity contribution in [1.29, 1.82) is 0 Å². The van der Waals surface area contributed by atoms with Crippen molar-refractivity contribution in [3.8, 4) is 81.4 Å². The largest absolute Gasteiger partial charge is 0.436 e. The van der Waals surface area contributed by atoms with Crippen LogP contribution in [0.5, 0.6) is 81.4 Å². The average Bonchev–Trinajstić information content (AvgIpc) is 1.79. The molecule has 14 rings (SSSR count). The van der Waals surface area contributed by atoms with Crippen molar-refractivity contribution in [2.24, 2.45) is 0 Å². The van der Waals surface area contributed by atoms with Crippen LogP contribution in [0.4, 0.5) is 0 Å². The van der Waals surface area contributed by atoms with Crippen molar-refractivity contribution in [2.45, 2.75) is 69.2 Å². The summed E-state index contributed by atoms with van der Waals surface area (Å²) in [7, 11) is 0. The van der Waals surface area contributed by atoms with E-state index in [4.69, 9.17) is 100 Å². The van der Waals surface area contributed by atoms with Gasteiger partial charge in [-0.1, -0.05) is 101 Å². The molecule has 0 unspecified atom stereocenters. The first-order valence-corrected chi connectivity index (χ1v) is 31.7. The lowest BCUT2D eigenvalue weighted by Crippen LogP contribution is -1.88. The second kappa shape index (κ2) is 59.9. The van der Waals surface area contributed by atoms with E-state index in [1.54, 1.807) is 6.20 Å². The summed E-state index contributed by atoms with van der Waals surface area (Å²) in [5, 5.41) is 69.4. The van der Waals surface area contributed by atoms with E-state index < -0.39 is 0 Å². The molecule has 14 aromatic rings. The molecule has 0 fully saturated rings. The molecule has 42 nitrogen and oxygen atoms in total. The van der Waals surface area contributed by atoms with Crippen LogP contribution in [0.2, 0.25) is 0 Å². The Morgan fingerprint density at radius 1 is 0.200 bits per heavy atom. The molecule has 0 saturated carbocycles. The Balaban J connectivity index is 0.000000644. The smallest absolute Gasteiger partial charge is 0.373 e. The molecule has 0 aliphatic carbocycles. The fourth-order valence-electron chi connectivity index (χ4n) is 7.41. The minimum Gasteiger partial charge on any atom is -0.436 e. The number of hydrogen-bond acceptors (Lipinski definition) is 35. The van der Waals surface area contributed by atoms with E-state index in [-0.39, 0.29) is 43.1 Å². The second-order valence-electron chi connectivity index (χ2n) is 21.0. The van der Waals surface area contributed by atoms with Crippen LogP contribution in [0.25, 0.3) is 0 Å². The fraction of sp³-hybridized carbons (Fsp3) is 0.137. The lowest BCUT2D eigenvalue weighted by atomic mass is 10.1. The number of aromatic nitrogens is 21. The molecule has 0 aliphatic heterocycles. The summed E-state index contributed by atoms with van der Waals surface area (Å²) in [5.74, 6) is 8.77. The van der Waals surface area contributed by atoms with Gasteiger partial charge in [0.15, 0.2) is 0 Å². The Labute approximate surface area is 650 Å². The lowest BCUT2D eigenvalue weighted by molar-refractivity contribution is -0.193. The van der Waals surface area contributed by atoms with Gasteiger partial charge in [-0.15, -0.1) is 35.7 Å². The standard InChI is InChI=1S/3C10H11N3O.4C9H9N3O.7CO2/c2*1-7-3-4-9(5-8(7)2)14-10-6-11-13-12-10;1-7-3-4-9(8(2)5-7)14-10-6-11-13-12-10;4*1-7-2-4-8(5-3-7)13-9-6-10-12-11-9;7*2-1-3/h3*3-6H,1-2H3,(H,11,12,13);4*2-6H,1H3,(H,10,11,12);;;;;;;. The van der Waals surface area contributed by atoms with E-state index in [0.29, 0.717) is 41.2 Å². The molecule has 0 radical (unpaired) electrons. The number of aryl methyl sites for hydroxylation is 10. The molecular weight excluding hydrogens is 1510 g/mol. The third-order valence-electron chi connectivity index (χ3n) is 12.7. The zero-order valence-electron chi connectivity index (χ0n) is 62.3. The van der Waals surface area contributed by atoms with Crippen LogP contribution in [0.15, 0.2) is 195 Å². The quantitative estimate of drug-likeness (QED) is 0.0532. The summed E-state index contributed by atoms with van der Waals surface area (Å²) in [6.45, 7) is 20.4. The molecule has 7 aromatic heterocycles. The van der Waals surface area contributed by atoms with Gasteiger partial charge in [-0.25, -0.2) is 0 Å². The number of carbonyl (C=O) groups excluding carboxylic acids is 14. The molecule has 0 saturated heterocycles. The van der Waals surface area contributed by atoms with Gasteiger partial charge >= 0.3 is 43.1 Å². The third kappa shape index (κ3) is 45.1. The van der Waals surface area contributed by atoms with E-state index in [0.717, 1.165) is 45.8 Å². The van der Waals surface area contributed by atoms with E-state index in [9.17, 15) is 0 Å². The van der Waals surface area contributed by atoms with Crippen molar-refractivity contribution in [2.75, 3.05) is 0 Å². The number of aromatic amines is 7. The molecule has 42 heteroatoms. The number of rotatable bonds is 14. The highest BCUT2D eigenvalue weighted by atomic mass is 16.5. The predicted octanol–water partition coefficient (Wildman–Crippen LogP) is 10.2. The first-order chi connectivity index (χ1) is 55.5. The highest BCUT2D eigenvalue weighted by molar-refractivity contribution is 5.39. The normalized spacial score (nSPS) is 8.68. The lowest BCUT2D eigenvalue weighted by Gasteiger charge is -2.05. The Kier molecular flexibility index (Phi) is 49.9. The number of nitrogens with zero attached hydrogens (tertiary/aromatic N) is 14. The molecule has 0 atom stereocenters. The molecule has 0 aliphatic rings. The highest BCUT2D eigenvalue weighted by Crippen LogP contribution is 2.26. The van der Waals surface area contributed by atoms with E-state index in [2.05, 4.69) is 128 Å². The first-order valence-electron chi connectivity index (χ1n) is 31.7. The van der Waals surface area contributed by atoms with Gasteiger partial charge in [0, 0.05) is 0 Å². The Morgan fingerprint density at radius 3 is 0.565 bits per heavy atom. The SMILES string of the molecule is Cc1ccc(Oc2cn[nH]n2)c(C)c1.Cc1ccc(Oc2cn[nH]n2)cc1.Cc1ccc(Oc2cn[nH]n2)cc1.Cc1ccc(Oc2cn[nH]n2)cc1.Cc1ccc(Oc2cn[nH]n2)cc1.Cc1ccc(Oc2cn[nH]n2)cc1C.Cc1ccc(Oc2cn[nH]n2)cc1C.O=C=O.O=C=O.O=C=O.O=C=O.O=C=O.O=C=O.O=C=O. The minimum atomic E-state index is 0.250. The number of H-pyrrole nitrogens is 7. The van der Waals surface area contributed by atoms with Crippen molar-refractivity contribution in [3.05, 3.63) is 251 Å². The summed E-state index contributed by atoms with van der Waals surface area (Å²) in [5.41, 5.74) is 12.0. The monoisotopic (exact) mass is 1580 g/mol. The Hall–Kier alpha value is -17.2. The van der Waals surface area contributed by atoms with E-state index in [1.807, 2.05) is 201 Å². The van der Waals surface area contributed by atoms with Crippen molar-refractivity contribution < 1.29 is 100 Å². The maximum atomic E-state index is 8.12. The third-order valence-corrected chi connectivity index (χ3v) is 12.7. The molecule has 115 heavy (non-hydrogen) atoms. The molecule has 7 heterocycles. The average molecular weight is 1580 g/mol. The second-order valence-corrected chi connectivity index (χ2v) is 21.0. The molecule has 0 spiro atoms. The Bertz CT molecular complexity index is 4590. The summed E-state index contributed by atoms with van der Waals surface area (Å²) >= 11 is 0. The van der Waals surface area contributed by atoms with Crippen LogP contribution in [0.3, 0.4) is 0 Å². The number of nitrogens with one attached hydrogen (secondary N) is 7. The topological polar surface area (TPSA) is 595 Å². The van der Waals surface area contributed by atoms with Crippen molar-refractivity contribution >= 4 is 43.1 Å². The van der Waals surface area contributed by atoms with Gasteiger partial charge in [0.05, 0.1) is 0 Å². The van der Waals surface area contributed by atoms with Gasteiger partial charge in [-0.05, 0) is 176 Å². The van der Waals surface area contributed by atoms with Crippen molar-refractivity contribution in [3.63, 3.8) is 0 Å². The van der Waals surface area contributed by atoms with Crippen LogP contribution < -0.4 is 33.2 Å². The van der Waals surface area contributed by atoms with Crippen LogP contribution in [-0.4, -0.2) is 151 Å². The molecule has 7 N–H and O–H groups in total. The zero-order chi connectivity index (χ0) is 85.2. The molecular formula is C73H69N21O21. The van der Waals surface area contributed by atoms with Gasteiger partial charge in [0.2, 0.25) is 0 Å². The van der Waals surface area contributed by atoms with E-state index in [1.165, 1.54) is 87.3 Å². The zero-order valence-corrected chi connectivity index (χ0v) is 62.3. The van der Waals surface area contributed by atoms with Crippen LogP contribution >= 0.6 is 0 Å². The van der Waals surface area contributed by atoms with Gasteiger partial charge in [-0.2, -0.15) is 139 Å². The van der Waals surface area contributed by atoms with Crippen LogP contribution in [-0.2, 0) is 67.1 Å². The minimum absolute atomic E-state index is 0.250. The van der Waals surface area contributed by atoms with Crippen molar-refractivity contribution in [1.82, 2.24) is 108 Å². The fourth-order valence-corrected chi connectivity index (χ4v) is 7.41. The van der Waals surface area contributed by atoms with Gasteiger partial charge in [0.25, 0.3) is 41.2 Å². The summed E-state index contributed by atoms with van der Waals surface area (Å²) in [4.78, 5) is 114. The first kappa shape index (κ1) is 95.8. The van der Waals surface area contributed by atoms with E-state index >= 15 is 0 Å². The molecule has 0 amide bonds. The summed E-state index contributed by atoms with van der Waals surface area (Å²) < 4.78 is 37.9.